The lowest BCUT2D eigenvalue weighted by Gasteiger charge is -2.43. The van der Waals surface area contributed by atoms with Crippen LogP contribution in [0.4, 0.5) is 0 Å². The van der Waals surface area contributed by atoms with Crippen LogP contribution in [0.1, 0.15) is 39.5 Å². The Morgan fingerprint density at radius 1 is 1.22 bits per heavy atom. The number of hydrogen-bond donors (Lipinski definition) is 1. The smallest absolute Gasteiger partial charge is 0.242 e. The standard InChI is InChI=1S/C14H27N3O/c1-12(2)4-7-16-8-10-17(11-9-16)13(18)14(15)5-3-6-14/h12H,3-11,15H2,1-2H3. The van der Waals surface area contributed by atoms with Crippen molar-refractivity contribution < 1.29 is 4.79 Å². The fourth-order valence-corrected chi connectivity index (χ4v) is 2.70. The Labute approximate surface area is 110 Å². The van der Waals surface area contributed by atoms with Gasteiger partial charge in [-0.25, -0.2) is 0 Å². The van der Waals surface area contributed by atoms with E-state index in [4.69, 9.17) is 5.73 Å². The van der Waals surface area contributed by atoms with E-state index in [1.165, 1.54) is 6.42 Å². The van der Waals surface area contributed by atoms with E-state index in [1.807, 2.05) is 4.90 Å². The van der Waals surface area contributed by atoms with Gasteiger partial charge in [-0.15, -0.1) is 0 Å². The van der Waals surface area contributed by atoms with Gasteiger partial charge in [0, 0.05) is 26.2 Å². The molecule has 0 radical (unpaired) electrons. The molecule has 18 heavy (non-hydrogen) atoms. The van der Waals surface area contributed by atoms with Gasteiger partial charge in [-0.1, -0.05) is 13.8 Å². The molecule has 1 amide bonds. The van der Waals surface area contributed by atoms with E-state index in [0.29, 0.717) is 0 Å². The van der Waals surface area contributed by atoms with Crippen LogP contribution in [0, 0.1) is 5.92 Å². The zero-order valence-corrected chi connectivity index (χ0v) is 11.8. The number of carbonyl (C=O) groups excluding carboxylic acids is 1. The van der Waals surface area contributed by atoms with Crippen LogP contribution in [-0.4, -0.2) is 54.0 Å². The second-order valence-corrected chi connectivity index (χ2v) is 6.33. The third-order valence-electron chi connectivity index (χ3n) is 4.35. The summed E-state index contributed by atoms with van der Waals surface area (Å²) in [5.74, 6) is 0.948. The summed E-state index contributed by atoms with van der Waals surface area (Å²) >= 11 is 0. The number of rotatable bonds is 4. The number of nitrogens with two attached hydrogens (primary N) is 1. The van der Waals surface area contributed by atoms with E-state index >= 15 is 0 Å². The minimum atomic E-state index is -0.514. The zero-order valence-electron chi connectivity index (χ0n) is 11.8. The Bertz CT molecular complexity index is 291. The molecule has 0 spiro atoms. The summed E-state index contributed by atoms with van der Waals surface area (Å²) in [4.78, 5) is 16.7. The zero-order chi connectivity index (χ0) is 13.2. The molecule has 2 fully saturated rings. The van der Waals surface area contributed by atoms with Gasteiger partial charge in [0.25, 0.3) is 0 Å². The molecule has 2 N–H and O–H groups in total. The first-order chi connectivity index (χ1) is 8.51. The van der Waals surface area contributed by atoms with Gasteiger partial charge in [0.2, 0.25) is 5.91 Å². The summed E-state index contributed by atoms with van der Waals surface area (Å²) in [6.07, 6.45) is 4.10. The fraction of sp³-hybridized carbons (Fsp3) is 0.929. The Balaban J connectivity index is 1.74. The van der Waals surface area contributed by atoms with Crippen LogP contribution < -0.4 is 5.73 Å². The topological polar surface area (TPSA) is 49.6 Å². The lowest BCUT2D eigenvalue weighted by Crippen LogP contribution is -2.62. The summed E-state index contributed by atoms with van der Waals surface area (Å²) in [5, 5.41) is 0. The molecule has 2 aliphatic rings. The number of hydrogen-bond acceptors (Lipinski definition) is 3. The van der Waals surface area contributed by atoms with Gasteiger partial charge < -0.3 is 10.6 Å². The van der Waals surface area contributed by atoms with E-state index in [-0.39, 0.29) is 5.91 Å². The number of piperazine rings is 1. The average Bonchev–Trinajstić information content (AvgIpc) is 2.33. The molecule has 1 aliphatic heterocycles. The van der Waals surface area contributed by atoms with Crippen LogP contribution in [0.5, 0.6) is 0 Å². The Kier molecular flexibility index (Phi) is 4.28. The monoisotopic (exact) mass is 253 g/mol. The highest BCUT2D eigenvalue weighted by molar-refractivity contribution is 5.87. The van der Waals surface area contributed by atoms with Crippen molar-refractivity contribution >= 4 is 5.91 Å². The van der Waals surface area contributed by atoms with Gasteiger partial charge in [0.15, 0.2) is 0 Å². The van der Waals surface area contributed by atoms with Gasteiger partial charge in [-0.3, -0.25) is 9.69 Å². The van der Waals surface area contributed by atoms with Crippen molar-refractivity contribution in [1.82, 2.24) is 9.80 Å². The number of nitrogens with zero attached hydrogens (tertiary/aromatic N) is 2. The third-order valence-corrected chi connectivity index (χ3v) is 4.35. The first kappa shape index (κ1) is 13.8. The molecule has 104 valence electrons. The predicted molar refractivity (Wildman–Crippen MR) is 73.2 cm³/mol. The van der Waals surface area contributed by atoms with Crippen molar-refractivity contribution in [3.8, 4) is 0 Å². The normalized spacial score (nSPS) is 24.1. The molecule has 1 heterocycles. The van der Waals surface area contributed by atoms with Crippen molar-refractivity contribution in [3.63, 3.8) is 0 Å². The molecule has 1 saturated carbocycles. The van der Waals surface area contributed by atoms with E-state index in [9.17, 15) is 4.79 Å². The van der Waals surface area contributed by atoms with Crippen molar-refractivity contribution in [2.45, 2.75) is 45.1 Å². The molecule has 0 atom stereocenters. The van der Waals surface area contributed by atoms with Crippen molar-refractivity contribution in [2.75, 3.05) is 32.7 Å². The lowest BCUT2D eigenvalue weighted by molar-refractivity contribution is -0.142. The minimum absolute atomic E-state index is 0.192. The molecular weight excluding hydrogens is 226 g/mol. The maximum absolute atomic E-state index is 12.3. The molecule has 4 nitrogen and oxygen atoms in total. The molecular formula is C14H27N3O. The molecule has 2 rings (SSSR count). The van der Waals surface area contributed by atoms with Crippen LogP contribution in [0.3, 0.4) is 0 Å². The maximum atomic E-state index is 12.3. The van der Waals surface area contributed by atoms with E-state index in [0.717, 1.165) is 57.9 Å². The van der Waals surface area contributed by atoms with Crippen LogP contribution in [0.15, 0.2) is 0 Å². The van der Waals surface area contributed by atoms with Gasteiger partial charge >= 0.3 is 0 Å². The quantitative estimate of drug-likeness (QED) is 0.815. The number of carbonyl (C=O) groups is 1. The van der Waals surface area contributed by atoms with Gasteiger partial charge in [0.05, 0.1) is 5.54 Å². The number of amides is 1. The predicted octanol–water partition coefficient (Wildman–Crippen LogP) is 1.06. The van der Waals surface area contributed by atoms with Gasteiger partial charge in [-0.05, 0) is 38.1 Å². The molecule has 0 aromatic rings. The summed E-state index contributed by atoms with van der Waals surface area (Å²) in [5.41, 5.74) is 5.59. The van der Waals surface area contributed by atoms with Crippen LogP contribution >= 0.6 is 0 Å². The van der Waals surface area contributed by atoms with Crippen molar-refractivity contribution in [2.24, 2.45) is 11.7 Å². The lowest BCUT2D eigenvalue weighted by atomic mass is 9.76. The average molecular weight is 253 g/mol. The van der Waals surface area contributed by atoms with E-state index in [2.05, 4.69) is 18.7 Å². The highest BCUT2D eigenvalue weighted by Gasteiger charge is 2.43. The summed E-state index contributed by atoms with van der Waals surface area (Å²) in [6.45, 7) is 9.41. The molecule has 0 bridgehead atoms. The molecule has 1 aliphatic carbocycles. The van der Waals surface area contributed by atoms with Gasteiger partial charge in [-0.2, -0.15) is 0 Å². The van der Waals surface area contributed by atoms with E-state index in [1.54, 1.807) is 0 Å². The van der Waals surface area contributed by atoms with Crippen LogP contribution in [-0.2, 0) is 4.79 Å². The third kappa shape index (κ3) is 3.04. The highest BCUT2D eigenvalue weighted by Crippen LogP contribution is 2.31. The Morgan fingerprint density at radius 3 is 2.28 bits per heavy atom. The Hall–Kier alpha value is -0.610. The molecule has 0 unspecified atom stereocenters. The van der Waals surface area contributed by atoms with Crippen molar-refractivity contribution in [1.29, 1.82) is 0 Å². The van der Waals surface area contributed by atoms with Crippen LogP contribution in [0.25, 0.3) is 0 Å². The summed E-state index contributed by atoms with van der Waals surface area (Å²) in [6, 6.07) is 0. The first-order valence-corrected chi connectivity index (χ1v) is 7.32. The highest BCUT2D eigenvalue weighted by atomic mass is 16.2. The fourth-order valence-electron chi connectivity index (χ4n) is 2.70. The summed E-state index contributed by atoms with van der Waals surface area (Å²) < 4.78 is 0. The van der Waals surface area contributed by atoms with E-state index < -0.39 is 5.54 Å². The van der Waals surface area contributed by atoms with Crippen molar-refractivity contribution in [3.05, 3.63) is 0 Å². The van der Waals surface area contributed by atoms with Gasteiger partial charge in [0.1, 0.15) is 0 Å². The molecule has 0 aromatic carbocycles. The summed E-state index contributed by atoms with van der Waals surface area (Å²) in [7, 11) is 0. The second-order valence-electron chi connectivity index (χ2n) is 6.33. The van der Waals surface area contributed by atoms with Crippen LogP contribution in [0.2, 0.25) is 0 Å². The maximum Gasteiger partial charge on any atom is 0.242 e. The SMILES string of the molecule is CC(C)CCN1CCN(C(=O)C2(N)CCC2)CC1. The first-order valence-electron chi connectivity index (χ1n) is 7.32. The molecule has 4 heteroatoms. The largest absolute Gasteiger partial charge is 0.339 e. The molecule has 1 saturated heterocycles. The molecule has 0 aromatic heterocycles. The second kappa shape index (κ2) is 5.57. The minimum Gasteiger partial charge on any atom is -0.339 e. The Morgan fingerprint density at radius 2 is 1.83 bits per heavy atom.